The van der Waals surface area contributed by atoms with Gasteiger partial charge in [0.1, 0.15) is 11.3 Å². The Balaban J connectivity index is 2.30. The largest absolute Gasteiger partial charge is 0.494 e. The number of hydrogen-bond acceptors (Lipinski definition) is 3. The maximum atomic E-state index is 6.09. The molecule has 0 atom stereocenters. The predicted octanol–water partition coefficient (Wildman–Crippen LogP) is 3.23. The van der Waals surface area contributed by atoms with E-state index in [4.69, 9.17) is 10.5 Å². The van der Waals surface area contributed by atoms with Crippen molar-refractivity contribution in [1.29, 1.82) is 0 Å². The summed E-state index contributed by atoms with van der Waals surface area (Å²) in [6.45, 7) is 4.19. The maximum Gasteiger partial charge on any atom is 0.206 e. The quantitative estimate of drug-likeness (QED) is 0.775. The van der Waals surface area contributed by atoms with Gasteiger partial charge in [0.25, 0.3) is 0 Å². The number of methoxy groups -OCH3 is 1. The molecule has 0 amide bonds. The summed E-state index contributed by atoms with van der Waals surface area (Å²) >= 11 is 0. The van der Waals surface area contributed by atoms with Gasteiger partial charge in [0, 0.05) is 5.69 Å². The number of benzene rings is 2. The Labute approximate surface area is 117 Å². The van der Waals surface area contributed by atoms with Crippen molar-refractivity contribution in [2.45, 2.75) is 13.8 Å². The molecule has 0 aliphatic heterocycles. The number of nitrogens with two attached hydrogens (primary N) is 1. The Morgan fingerprint density at radius 2 is 1.90 bits per heavy atom. The van der Waals surface area contributed by atoms with Crippen LogP contribution >= 0.6 is 0 Å². The van der Waals surface area contributed by atoms with E-state index in [9.17, 15) is 0 Å². The van der Waals surface area contributed by atoms with Crippen LogP contribution in [-0.4, -0.2) is 16.7 Å². The van der Waals surface area contributed by atoms with E-state index in [1.807, 2.05) is 22.8 Å². The monoisotopic (exact) mass is 267 g/mol. The molecule has 1 aromatic heterocycles. The lowest BCUT2D eigenvalue weighted by atomic mass is 10.1. The van der Waals surface area contributed by atoms with Gasteiger partial charge in [0.15, 0.2) is 0 Å². The zero-order chi connectivity index (χ0) is 14.3. The van der Waals surface area contributed by atoms with Crippen molar-refractivity contribution in [2.24, 2.45) is 0 Å². The van der Waals surface area contributed by atoms with Gasteiger partial charge < -0.3 is 10.5 Å². The Morgan fingerprint density at radius 1 is 1.10 bits per heavy atom. The summed E-state index contributed by atoms with van der Waals surface area (Å²) < 4.78 is 7.29. The minimum absolute atomic E-state index is 0.466. The van der Waals surface area contributed by atoms with Crippen molar-refractivity contribution in [1.82, 2.24) is 9.55 Å². The van der Waals surface area contributed by atoms with Crippen molar-refractivity contribution in [2.75, 3.05) is 12.8 Å². The van der Waals surface area contributed by atoms with Crippen molar-refractivity contribution in [3.05, 3.63) is 47.5 Å². The predicted molar refractivity (Wildman–Crippen MR) is 81.5 cm³/mol. The molecule has 20 heavy (non-hydrogen) atoms. The summed E-state index contributed by atoms with van der Waals surface area (Å²) in [5, 5.41) is 0. The summed E-state index contributed by atoms with van der Waals surface area (Å²) in [5.74, 6) is 1.20. The Bertz CT molecular complexity index is 790. The minimum Gasteiger partial charge on any atom is -0.494 e. The van der Waals surface area contributed by atoms with Gasteiger partial charge in [-0.1, -0.05) is 12.1 Å². The van der Waals surface area contributed by atoms with Crippen LogP contribution < -0.4 is 10.5 Å². The maximum absolute atomic E-state index is 6.09. The Hall–Kier alpha value is -2.49. The molecule has 0 fully saturated rings. The number of nitrogen functional groups attached to an aromatic ring is 1. The van der Waals surface area contributed by atoms with Crippen LogP contribution in [0.3, 0.4) is 0 Å². The van der Waals surface area contributed by atoms with Gasteiger partial charge in [0.2, 0.25) is 5.95 Å². The van der Waals surface area contributed by atoms with E-state index in [-0.39, 0.29) is 0 Å². The lowest BCUT2D eigenvalue weighted by molar-refractivity contribution is 0.419. The van der Waals surface area contributed by atoms with Crippen LogP contribution in [0, 0.1) is 13.8 Å². The molecule has 1 heterocycles. The van der Waals surface area contributed by atoms with Crippen LogP contribution in [-0.2, 0) is 0 Å². The van der Waals surface area contributed by atoms with Crippen LogP contribution in [0.5, 0.6) is 5.75 Å². The molecule has 3 rings (SSSR count). The van der Waals surface area contributed by atoms with E-state index >= 15 is 0 Å². The summed E-state index contributed by atoms with van der Waals surface area (Å²) in [5.41, 5.74) is 11.3. The zero-order valence-electron chi connectivity index (χ0n) is 11.8. The van der Waals surface area contributed by atoms with E-state index in [1.54, 1.807) is 7.11 Å². The first-order chi connectivity index (χ1) is 9.61. The first-order valence-electron chi connectivity index (χ1n) is 6.50. The molecular weight excluding hydrogens is 250 g/mol. The topological polar surface area (TPSA) is 53.1 Å². The highest BCUT2D eigenvalue weighted by Crippen LogP contribution is 2.29. The second kappa shape index (κ2) is 4.56. The number of imidazole rings is 1. The SMILES string of the molecule is COc1cccc2c1nc(N)n2-c1ccc(C)c(C)c1. The summed E-state index contributed by atoms with van der Waals surface area (Å²) in [6.07, 6.45) is 0. The molecule has 0 aliphatic carbocycles. The first kappa shape index (κ1) is 12.5. The summed E-state index contributed by atoms with van der Waals surface area (Å²) in [6, 6.07) is 12.1. The van der Waals surface area contributed by atoms with Crippen LogP contribution in [0.15, 0.2) is 36.4 Å². The van der Waals surface area contributed by atoms with Crippen molar-refractivity contribution in [3.63, 3.8) is 0 Å². The third kappa shape index (κ3) is 1.81. The van der Waals surface area contributed by atoms with E-state index in [1.165, 1.54) is 11.1 Å². The fourth-order valence-electron chi connectivity index (χ4n) is 2.39. The van der Waals surface area contributed by atoms with E-state index in [0.717, 1.165) is 22.5 Å². The second-order valence-electron chi connectivity index (χ2n) is 4.90. The summed E-state index contributed by atoms with van der Waals surface area (Å²) in [7, 11) is 1.64. The second-order valence-corrected chi connectivity index (χ2v) is 4.90. The van der Waals surface area contributed by atoms with Crippen LogP contribution in [0.2, 0.25) is 0 Å². The van der Waals surface area contributed by atoms with Crippen LogP contribution in [0.4, 0.5) is 5.95 Å². The Kier molecular flexibility index (Phi) is 2.86. The number of anilines is 1. The first-order valence-corrected chi connectivity index (χ1v) is 6.50. The zero-order valence-corrected chi connectivity index (χ0v) is 11.8. The number of aromatic nitrogens is 2. The average molecular weight is 267 g/mol. The molecule has 2 N–H and O–H groups in total. The van der Waals surface area contributed by atoms with Crippen LogP contribution in [0.1, 0.15) is 11.1 Å². The highest BCUT2D eigenvalue weighted by molar-refractivity contribution is 5.86. The molecule has 0 saturated carbocycles. The number of para-hydroxylation sites is 1. The van der Waals surface area contributed by atoms with Crippen molar-refractivity contribution < 1.29 is 4.74 Å². The fourth-order valence-corrected chi connectivity index (χ4v) is 2.39. The molecule has 0 saturated heterocycles. The molecule has 0 radical (unpaired) electrons. The van der Waals surface area contributed by atoms with Gasteiger partial charge in [-0.15, -0.1) is 0 Å². The van der Waals surface area contributed by atoms with Crippen LogP contribution in [0.25, 0.3) is 16.7 Å². The lowest BCUT2D eigenvalue weighted by Gasteiger charge is -2.09. The van der Waals surface area contributed by atoms with E-state index in [2.05, 4.69) is 37.0 Å². The number of ether oxygens (including phenoxy) is 1. The van der Waals surface area contributed by atoms with Gasteiger partial charge >= 0.3 is 0 Å². The molecule has 0 aliphatic rings. The molecule has 0 bridgehead atoms. The molecule has 102 valence electrons. The number of hydrogen-bond donors (Lipinski definition) is 1. The van der Waals surface area contributed by atoms with Gasteiger partial charge in [0.05, 0.1) is 12.6 Å². The standard InChI is InChI=1S/C16H17N3O/c1-10-7-8-12(9-11(10)2)19-13-5-4-6-14(20-3)15(13)18-16(19)17/h4-9H,1-3H3,(H2,17,18). The van der Waals surface area contributed by atoms with Gasteiger partial charge in [-0.3, -0.25) is 4.57 Å². The normalized spacial score (nSPS) is 10.9. The van der Waals surface area contributed by atoms with Crippen molar-refractivity contribution >= 4 is 17.0 Å². The molecule has 4 nitrogen and oxygen atoms in total. The fraction of sp³-hybridized carbons (Fsp3) is 0.188. The van der Waals surface area contributed by atoms with Gasteiger partial charge in [-0.25, -0.2) is 4.98 Å². The summed E-state index contributed by atoms with van der Waals surface area (Å²) in [4.78, 5) is 4.43. The molecule has 0 spiro atoms. The van der Waals surface area contributed by atoms with Gasteiger partial charge in [-0.2, -0.15) is 0 Å². The third-order valence-electron chi connectivity index (χ3n) is 3.64. The highest BCUT2D eigenvalue weighted by atomic mass is 16.5. The van der Waals surface area contributed by atoms with E-state index < -0.39 is 0 Å². The number of fused-ring (bicyclic) bond motifs is 1. The molecule has 3 aromatic rings. The average Bonchev–Trinajstić information content (AvgIpc) is 2.78. The molecule has 0 unspecified atom stereocenters. The third-order valence-corrected chi connectivity index (χ3v) is 3.64. The van der Waals surface area contributed by atoms with E-state index in [0.29, 0.717) is 5.95 Å². The molecular formula is C16H17N3O. The number of nitrogens with zero attached hydrogens (tertiary/aromatic N) is 2. The van der Waals surface area contributed by atoms with Gasteiger partial charge in [-0.05, 0) is 49.2 Å². The lowest BCUT2D eigenvalue weighted by Crippen LogP contribution is -2.01. The molecule has 2 aromatic carbocycles. The van der Waals surface area contributed by atoms with Crippen molar-refractivity contribution in [3.8, 4) is 11.4 Å². The smallest absolute Gasteiger partial charge is 0.206 e. The Morgan fingerprint density at radius 3 is 2.60 bits per heavy atom. The highest BCUT2D eigenvalue weighted by Gasteiger charge is 2.13. The molecule has 4 heteroatoms. The number of aryl methyl sites for hydroxylation is 2. The minimum atomic E-state index is 0.466. The number of rotatable bonds is 2.